The minimum Gasteiger partial charge on any atom is -0.496 e. The highest BCUT2D eigenvalue weighted by molar-refractivity contribution is 5.69. The smallest absolute Gasteiger partial charge is 0.306 e. The minimum absolute atomic E-state index is 0.0701. The van der Waals surface area contributed by atoms with Gasteiger partial charge in [-0.3, -0.25) is 9.59 Å². The summed E-state index contributed by atoms with van der Waals surface area (Å²) in [7, 11) is 1.61. The lowest BCUT2D eigenvalue weighted by atomic mass is 10.1. The molecule has 0 atom stereocenters. The van der Waals surface area contributed by atoms with Gasteiger partial charge in [-0.2, -0.15) is 0 Å². The monoisotopic (exact) mass is 406 g/mol. The number of esters is 2. The third-order valence-electron chi connectivity index (χ3n) is 4.85. The van der Waals surface area contributed by atoms with Crippen LogP contribution in [0.15, 0.2) is 24.3 Å². The predicted molar refractivity (Wildman–Crippen MR) is 115 cm³/mol. The molecule has 164 valence electrons. The third-order valence-corrected chi connectivity index (χ3v) is 4.85. The van der Waals surface area contributed by atoms with Gasteiger partial charge >= 0.3 is 11.9 Å². The summed E-state index contributed by atoms with van der Waals surface area (Å²) in [4.78, 5) is 23.5. The van der Waals surface area contributed by atoms with Crippen molar-refractivity contribution < 1.29 is 23.8 Å². The number of methoxy groups -OCH3 is 1. The molecule has 0 saturated heterocycles. The maximum atomic E-state index is 11.9. The normalized spacial score (nSPS) is 10.6. The largest absolute Gasteiger partial charge is 0.496 e. The number of hydrogen-bond acceptors (Lipinski definition) is 5. The lowest BCUT2D eigenvalue weighted by molar-refractivity contribution is -0.145. The second kappa shape index (κ2) is 16.9. The fourth-order valence-electron chi connectivity index (χ4n) is 3.09. The van der Waals surface area contributed by atoms with Crippen LogP contribution in [0.2, 0.25) is 0 Å². The molecule has 0 spiro atoms. The molecule has 1 rings (SSSR count). The molecule has 0 fully saturated rings. The van der Waals surface area contributed by atoms with E-state index in [-0.39, 0.29) is 18.5 Å². The fraction of sp³-hybridized carbons (Fsp3) is 0.667. The predicted octanol–water partition coefficient (Wildman–Crippen LogP) is 5.98. The summed E-state index contributed by atoms with van der Waals surface area (Å²) in [5.41, 5.74) is 0.878. The first kappa shape index (κ1) is 25.0. The van der Waals surface area contributed by atoms with Crippen molar-refractivity contribution in [2.75, 3.05) is 13.7 Å². The molecular formula is C24H38O5. The van der Waals surface area contributed by atoms with Crippen molar-refractivity contribution in [1.82, 2.24) is 0 Å². The molecule has 0 aliphatic carbocycles. The molecule has 0 amide bonds. The minimum atomic E-state index is -0.169. The molecule has 5 heteroatoms. The SMILES string of the molecule is CCCCCCOC(=O)CCCCCCCCC(=O)OCc1ccccc1OC. The number of unbranched alkanes of at least 4 members (excludes halogenated alkanes) is 8. The van der Waals surface area contributed by atoms with Crippen molar-refractivity contribution in [3.63, 3.8) is 0 Å². The number of ether oxygens (including phenoxy) is 3. The van der Waals surface area contributed by atoms with Gasteiger partial charge in [-0.25, -0.2) is 0 Å². The van der Waals surface area contributed by atoms with Crippen LogP contribution in [0.1, 0.15) is 89.5 Å². The van der Waals surface area contributed by atoms with Crippen LogP contribution in [0.3, 0.4) is 0 Å². The van der Waals surface area contributed by atoms with Crippen LogP contribution in [0.4, 0.5) is 0 Å². The second-order valence-corrected chi connectivity index (χ2v) is 7.37. The van der Waals surface area contributed by atoms with Gasteiger partial charge in [0.1, 0.15) is 12.4 Å². The highest BCUT2D eigenvalue weighted by Crippen LogP contribution is 2.18. The number of para-hydroxylation sites is 1. The Morgan fingerprint density at radius 2 is 1.34 bits per heavy atom. The maximum absolute atomic E-state index is 11.9. The van der Waals surface area contributed by atoms with Gasteiger partial charge < -0.3 is 14.2 Å². The summed E-state index contributed by atoms with van der Waals surface area (Å²) in [5, 5.41) is 0. The Morgan fingerprint density at radius 1 is 0.759 bits per heavy atom. The fourth-order valence-corrected chi connectivity index (χ4v) is 3.09. The van der Waals surface area contributed by atoms with E-state index in [4.69, 9.17) is 14.2 Å². The number of carbonyl (C=O) groups excluding carboxylic acids is 2. The van der Waals surface area contributed by atoms with Crippen LogP contribution in [0.5, 0.6) is 5.75 Å². The Bertz CT molecular complexity index is 570. The van der Waals surface area contributed by atoms with Gasteiger partial charge in [0.05, 0.1) is 13.7 Å². The van der Waals surface area contributed by atoms with E-state index in [0.29, 0.717) is 19.4 Å². The first-order valence-corrected chi connectivity index (χ1v) is 11.1. The number of hydrogen-bond donors (Lipinski definition) is 0. The first-order valence-electron chi connectivity index (χ1n) is 11.1. The third kappa shape index (κ3) is 12.9. The van der Waals surface area contributed by atoms with Crippen molar-refractivity contribution in [2.24, 2.45) is 0 Å². The van der Waals surface area contributed by atoms with Crippen LogP contribution in [0.25, 0.3) is 0 Å². The Hall–Kier alpha value is -2.04. The summed E-state index contributed by atoms with van der Waals surface area (Å²) in [6.45, 7) is 2.98. The van der Waals surface area contributed by atoms with Crippen LogP contribution in [-0.4, -0.2) is 25.7 Å². The zero-order valence-electron chi connectivity index (χ0n) is 18.3. The van der Waals surface area contributed by atoms with Gasteiger partial charge in [0.25, 0.3) is 0 Å². The van der Waals surface area contributed by atoms with Gasteiger partial charge in [0.2, 0.25) is 0 Å². The molecule has 0 N–H and O–H groups in total. The molecule has 29 heavy (non-hydrogen) atoms. The molecule has 5 nitrogen and oxygen atoms in total. The van der Waals surface area contributed by atoms with Crippen molar-refractivity contribution in [1.29, 1.82) is 0 Å². The zero-order valence-corrected chi connectivity index (χ0v) is 18.3. The summed E-state index contributed by atoms with van der Waals surface area (Å²) in [6, 6.07) is 7.55. The van der Waals surface area contributed by atoms with Gasteiger partial charge in [-0.15, -0.1) is 0 Å². The molecule has 0 heterocycles. The molecule has 0 aromatic heterocycles. The molecule has 1 aromatic rings. The van der Waals surface area contributed by atoms with E-state index < -0.39 is 0 Å². The second-order valence-electron chi connectivity index (χ2n) is 7.37. The average molecular weight is 407 g/mol. The summed E-state index contributed by atoms with van der Waals surface area (Å²) < 4.78 is 15.8. The first-order chi connectivity index (χ1) is 14.2. The van der Waals surface area contributed by atoms with E-state index in [1.807, 2.05) is 24.3 Å². The topological polar surface area (TPSA) is 61.8 Å². The van der Waals surface area contributed by atoms with E-state index in [9.17, 15) is 9.59 Å². The van der Waals surface area contributed by atoms with E-state index in [2.05, 4.69) is 6.92 Å². The number of benzene rings is 1. The van der Waals surface area contributed by atoms with Crippen molar-refractivity contribution in [3.05, 3.63) is 29.8 Å². The lowest BCUT2D eigenvalue weighted by Gasteiger charge is -2.09. The van der Waals surface area contributed by atoms with Gasteiger partial charge in [-0.1, -0.05) is 70.1 Å². The Kier molecular flexibility index (Phi) is 14.5. The van der Waals surface area contributed by atoms with E-state index in [1.165, 1.54) is 12.8 Å². The molecule has 0 bridgehead atoms. The molecule has 0 aliphatic rings. The molecule has 0 saturated carbocycles. The van der Waals surface area contributed by atoms with Crippen molar-refractivity contribution in [3.8, 4) is 5.75 Å². The Labute approximate surface area is 176 Å². The number of carbonyl (C=O) groups is 2. The van der Waals surface area contributed by atoms with Crippen molar-refractivity contribution in [2.45, 2.75) is 90.6 Å². The molecule has 0 unspecified atom stereocenters. The maximum Gasteiger partial charge on any atom is 0.306 e. The summed E-state index contributed by atoms with van der Waals surface area (Å²) in [6.07, 6.45) is 11.4. The highest BCUT2D eigenvalue weighted by atomic mass is 16.5. The summed E-state index contributed by atoms with van der Waals surface area (Å²) in [5.74, 6) is 0.498. The Balaban J connectivity index is 1.93. The van der Waals surface area contributed by atoms with E-state index in [0.717, 1.165) is 62.7 Å². The standard InChI is InChI=1S/C24H38O5/c1-3-4-5-14-19-28-23(25)17-10-8-6-7-9-11-18-24(26)29-20-21-15-12-13-16-22(21)27-2/h12-13,15-16H,3-11,14,17-20H2,1-2H3. The zero-order chi connectivity index (χ0) is 21.2. The molecule has 0 radical (unpaired) electrons. The van der Waals surface area contributed by atoms with E-state index >= 15 is 0 Å². The molecule has 1 aromatic carbocycles. The lowest BCUT2D eigenvalue weighted by Crippen LogP contribution is -2.05. The average Bonchev–Trinajstić information content (AvgIpc) is 2.74. The van der Waals surface area contributed by atoms with Gasteiger partial charge in [0, 0.05) is 18.4 Å². The number of rotatable bonds is 17. The molecule has 0 aliphatic heterocycles. The van der Waals surface area contributed by atoms with Crippen molar-refractivity contribution >= 4 is 11.9 Å². The molecular weight excluding hydrogens is 368 g/mol. The van der Waals surface area contributed by atoms with Crippen LogP contribution < -0.4 is 4.74 Å². The van der Waals surface area contributed by atoms with Gasteiger partial charge in [-0.05, 0) is 25.3 Å². The highest BCUT2D eigenvalue weighted by Gasteiger charge is 2.07. The van der Waals surface area contributed by atoms with Crippen LogP contribution >= 0.6 is 0 Å². The van der Waals surface area contributed by atoms with E-state index in [1.54, 1.807) is 7.11 Å². The van der Waals surface area contributed by atoms with Crippen LogP contribution in [-0.2, 0) is 25.7 Å². The van der Waals surface area contributed by atoms with Crippen LogP contribution in [0, 0.1) is 0 Å². The Morgan fingerprint density at radius 3 is 2.00 bits per heavy atom. The summed E-state index contributed by atoms with van der Waals surface area (Å²) >= 11 is 0. The quantitative estimate of drug-likeness (QED) is 0.235. The van der Waals surface area contributed by atoms with Gasteiger partial charge in [0.15, 0.2) is 0 Å².